The van der Waals surface area contributed by atoms with Crippen LogP contribution in [0.5, 0.6) is 5.75 Å². The maximum Gasteiger partial charge on any atom is 0.340 e. The largest absolute Gasteiger partial charge is 0.477 e. The normalized spacial score (nSPS) is 11.0. The third kappa shape index (κ3) is 3.43. The van der Waals surface area contributed by atoms with E-state index in [-0.39, 0.29) is 12.6 Å². The maximum absolute atomic E-state index is 12.7. The molecule has 0 aliphatic heterocycles. The van der Waals surface area contributed by atoms with Crippen LogP contribution in [0, 0.1) is 17.2 Å². The summed E-state index contributed by atoms with van der Waals surface area (Å²) in [6.07, 6.45) is 2.63. The first kappa shape index (κ1) is 16.8. The van der Waals surface area contributed by atoms with E-state index in [0.717, 1.165) is 22.8 Å². The van der Waals surface area contributed by atoms with Gasteiger partial charge < -0.3 is 13.9 Å². The van der Waals surface area contributed by atoms with E-state index < -0.39 is 0 Å². The summed E-state index contributed by atoms with van der Waals surface area (Å²) in [5.74, 6) is 0.745. The van der Waals surface area contributed by atoms with Crippen molar-refractivity contribution in [3.63, 3.8) is 0 Å². The van der Waals surface area contributed by atoms with Gasteiger partial charge in [-0.25, -0.2) is 4.79 Å². The summed E-state index contributed by atoms with van der Waals surface area (Å²) in [4.78, 5) is 12.7. The number of nitriles is 1. The van der Waals surface area contributed by atoms with Gasteiger partial charge in [0.15, 0.2) is 6.61 Å². The Morgan fingerprint density at radius 2 is 2.00 bits per heavy atom. The van der Waals surface area contributed by atoms with Gasteiger partial charge in [0.1, 0.15) is 11.8 Å². The summed E-state index contributed by atoms with van der Waals surface area (Å²) >= 11 is 0. The lowest BCUT2D eigenvalue weighted by Gasteiger charge is -2.07. The van der Waals surface area contributed by atoms with E-state index in [9.17, 15) is 4.79 Å². The van der Waals surface area contributed by atoms with E-state index in [1.165, 1.54) is 0 Å². The number of pyridine rings is 1. The second-order valence-electron chi connectivity index (χ2n) is 6.28. The number of rotatable bonds is 6. The SMILES string of the molecule is CC(C)CCOC(=O)c1c2ccccc2n2cc(OCC#N)ccc12. The Hall–Kier alpha value is -3.00. The highest BCUT2D eigenvalue weighted by atomic mass is 16.5. The van der Waals surface area contributed by atoms with Crippen LogP contribution in [0.1, 0.15) is 30.6 Å². The quantitative estimate of drug-likeness (QED) is 0.633. The molecular formula is C20H20N2O3. The van der Waals surface area contributed by atoms with Gasteiger partial charge in [-0.3, -0.25) is 0 Å². The molecule has 0 saturated heterocycles. The first-order valence-electron chi connectivity index (χ1n) is 8.31. The summed E-state index contributed by atoms with van der Waals surface area (Å²) in [7, 11) is 0. The van der Waals surface area contributed by atoms with Crippen molar-refractivity contribution in [2.45, 2.75) is 20.3 Å². The van der Waals surface area contributed by atoms with Gasteiger partial charge in [-0.15, -0.1) is 0 Å². The van der Waals surface area contributed by atoms with Crippen molar-refractivity contribution in [2.75, 3.05) is 13.2 Å². The minimum Gasteiger partial charge on any atom is -0.477 e. The third-order valence-electron chi connectivity index (χ3n) is 4.05. The first-order valence-corrected chi connectivity index (χ1v) is 8.31. The summed E-state index contributed by atoms with van der Waals surface area (Å²) < 4.78 is 12.8. The average Bonchev–Trinajstić information content (AvgIpc) is 2.93. The van der Waals surface area contributed by atoms with Crippen LogP contribution in [0.15, 0.2) is 42.6 Å². The summed E-state index contributed by atoms with van der Waals surface area (Å²) in [5, 5.41) is 9.51. The fourth-order valence-corrected chi connectivity index (χ4v) is 2.79. The van der Waals surface area contributed by atoms with Crippen molar-refractivity contribution in [2.24, 2.45) is 5.92 Å². The summed E-state index contributed by atoms with van der Waals surface area (Å²) in [6.45, 7) is 4.58. The predicted molar refractivity (Wildman–Crippen MR) is 95.7 cm³/mol. The highest BCUT2D eigenvalue weighted by molar-refractivity contribution is 6.11. The van der Waals surface area contributed by atoms with Gasteiger partial charge in [-0.2, -0.15) is 5.26 Å². The van der Waals surface area contributed by atoms with Crippen LogP contribution in [0.25, 0.3) is 16.4 Å². The number of carbonyl (C=O) groups excluding carboxylic acids is 1. The van der Waals surface area contributed by atoms with Gasteiger partial charge in [0.25, 0.3) is 0 Å². The topological polar surface area (TPSA) is 63.7 Å². The molecule has 0 amide bonds. The van der Waals surface area contributed by atoms with Crippen LogP contribution < -0.4 is 4.74 Å². The van der Waals surface area contributed by atoms with Gasteiger partial charge in [-0.1, -0.05) is 32.0 Å². The molecule has 0 atom stereocenters. The molecule has 5 heteroatoms. The zero-order chi connectivity index (χ0) is 17.8. The number of aromatic nitrogens is 1. The molecule has 0 N–H and O–H groups in total. The van der Waals surface area contributed by atoms with Crippen LogP contribution in [0.4, 0.5) is 0 Å². The molecule has 3 rings (SSSR count). The van der Waals surface area contributed by atoms with Crippen molar-refractivity contribution in [1.82, 2.24) is 4.40 Å². The molecule has 5 nitrogen and oxygen atoms in total. The zero-order valence-corrected chi connectivity index (χ0v) is 14.4. The maximum atomic E-state index is 12.7. The van der Waals surface area contributed by atoms with Crippen LogP contribution in [0.2, 0.25) is 0 Å². The monoisotopic (exact) mass is 336 g/mol. The molecule has 0 aliphatic carbocycles. The van der Waals surface area contributed by atoms with Gasteiger partial charge in [0.05, 0.1) is 29.4 Å². The Labute approximate surface area is 146 Å². The smallest absolute Gasteiger partial charge is 0.340 e. The van der Waals surface area contributed by atoms with Gasteiger partial charge in [0, 0.05) is 5.39 Å². The Morgan fingerprint density at radius 1 is 1.20 bits per heavy atom. The fraction of sp³-hybridized carbons (Fsp3) is 0.300. The number of fused-ring (bicyclic) bond motifs is 3. The first-order chi connectivity index (χ1) is 12.1. The number of esters is 1. The molecule has 0 aliphatic rings. The lowest BCUT2D eigenvalue weighted by atomic mass is 10.1. The van der Waals surface area contributed by atoms with Crippen molar-refractivity contribution in [3.8, 4) is 11.8 Å². The molecule has 0 fully saturated rings. The standard InChI is InChI=1S/C20H20N2O3/c1-14(2)9-11-25-20(23)19-16-5-3-4-6-17(16)22-13-15(24-12-10-21)7-8-18(19)22/h3-8,13-14H,9,11-12H2,1-2H3. The van der Waals surface area contributed by atoms with Crippen molar-refractivity contribution < 1.29 is 14.3 Å². The highest BCUT2D eigenvalue weighted by Gasteiger charge is 2.19. The van der Waals surface area contributed by atoms with E-state index >= 15 is 0 Å². The molecule has 0 saturated carbocycles. The number of ether oxygens (including phenoxy) is 2. The number of para-hydroxylation sites is 1. The van der Waals surface area contributed by atoms with Crippen LogP contribution >= 0.6 is 0 Å². The molecule has 2 heterocycles. The molecule has 0 radical (unpaired) electrons. The fourth-order valence-electron chi connectivity index (χ4n) is 2.79. The number of carbonyl (C=O) groups is 1. The Kier molecular flexibility index (Phi) is 4.90. The number of hydrogen-bond acceptors (Lipinski definition) is 4. The predicted octanol–water partition coefficient (Wildman–Crippen LogP) is 4.20. The van der Waals surface area contributed by atoms with Crippen molar-refractivity contribution >= 4 is 22.4 Å². The Morgan fingerprint density at radius 3 is 2.76 bits per heavy atom. The Bertz CT molecular complexity index is 951. The molecule has 0 spiro atoms. The second-order valence-corrected chi connectivity index (χ2v) is 6.28. The van der Waals surface area contributed by atoms with E-state index in [1.54, 1.807) is 12.3 Å². The summed E-state index contributed by atoms with van der Waals surface area (Å²) in [5.41, 5.74) is 2.22. The molecule has 3 aromatic rings. The molecule has 1 aromatic carbocycles. The van der Waals surface area contributed by atoms with Crippen molar-refractivity contribution in [1.29, 1.82) is 5.26 Å². The van der Waals surface area contributed by atoms with E-state index in [4.69, 9.17) is 14.7 Å². The number of nitrogens with zero attached hydrogens (tertiary/aromatic N) is 2. The molecule has 2 aromatic heterocycles. The molecule has 0 bridgehead atoms. The summed E-state index contributed by atoms with van der Waals surface area (Å²) in [6, 6.07) is 13.2. The van der Waals surface area contributed by atoms with Crippen molar-refractivity contribution in [3.05, 3.63) is 48.2 Å². The number of benzene rings is 1. The lowest BCUT2D eigenvalue weighted by molar-refractivity contribution is 0.0492. The van der Waals surface area contributed by atoms with E-state index in [2.05, 4.69) is 13.8 Å². The van der Waals surface area contributed by atoms with Gasteiger partial charge in [0.2, 0.25) is 0 Å². The molecule has 0 unspecified atom stereocenters. The Balaban J connectivity index is 2.04. The van der Waals surface area contributed by atoms with Crippen LogP contribution in [0.3, 0.4) is 0 Å². The van der Waals surface area contributed by atoms with Crippen LogP contribution in [-0.2, 0) is 4.74 Å². The van der Waals surface area contributed by atoms with E-state index in [1.807, 2.05) is 40.8 Å². The second kappa shape index (κ2) is 7.27. The minimum absolute atomic E-state index is 0.0190. The van der Waals surface area contributed by atoms with E-state index in [0.29, 0.717) is 23.8 Å². The molecular weight excluding hydrogens is 316 g/mol. The third-order valence-corrected chi connectivity index (χ3v) is 4.05. The number of hydrogen-bond donors (Lipinski definition) is 0. The highest BCUT2D eigenvalue weighted by Crippen LogP contribution is 2.29. The van der Waals surface area contributed by atoms with Crippen LogP contribution in [-0.4, -0.2) is 23.6 Å². The van der Waals surface area contributed by atoms with Gasteiger partial charge >= 0.3 is 5.97 Å². The molecule has 25 heavy (non-hydrogen) atoms. The average molecular weight is 336 g/mol. The molecule has 128 valence electrons. The zero-order valence-electron chi connectivity index (χ0n) is 14.4. The minimum atomic E-state index is -0.315. The van der Waals surface area contributed by atoms with Gasteiger partial charge in [-0.05, 0) is 30.5 Å². The lowest BCUT2D eigenvalue weighted by Crippen LogP contribution is -2.08.